The lowest BCUT2D eigenvalue weighted by molar-refractivity contribution is 0.415. The van der Waals surface area contributed by atoms with Gasteiger partial charge in [-0.1, -0.05) is 12.1 Å². The van der Waals surface area contributed by atoms with Crippen molar-refractivity contribution in [3.8, 4) is 17.0 Å². The minimum Gasteiger partial charge on any atom is -0.497 e. The topological polar surface area (TPSA) is 65.4 Å². The molecule has 1 aromatic carbocycles. The van der Waals surface area contributed by atoms with Crippen molar-refractivity contribution in [3.63, 3.8) is 0 Å². The number of anilines is 1. The number of nitrogens with zero attached hydrogens (tertiary/aromatic N) is 3. The molecule has 0 unspecified atom stereocenters. The molecule has 0 radical (unpaired) electrons. The molecule has 0 aliphatic heterocycles. The zero-order chi connectivity index (χ0) is 12.5. The molecular weight excluding hydrogens is 228 g/mol. The number of benzene rings is 1. The Morgan fingerprint density at radius 1 is 1.22 bits per heavy atom. The van der Waals surface area contributed by atoms with Crippen LogP contribution in [0.15, 0.2) is 42.6 Å². The lowest BCUT2D eigenvalue weighted by Gasteiger charge is -2.06. The van der Waals surface area contributed by atoms with Crippen LogP contribution >= 0.6 is 0 Å². The Kier molecular flexibility index (Phi) is 2.37. The average molecular weight is 240 g/mol. The number of aromatic nitrogens is 3. The predicted octanol–water partition coefficient (Wildman–Crippen LogP) is 1.99. The molecule has 0 spiro atoms. The van der Waals surface area contributed by atoms with Gasteiger partial charge in [0.25, 0.3) is 0 Å². The summed E-state index contributed by atoms with van der Waals surface area (Å²) in [6.45, 7) is 0. The molecular formula is C13H12N4O. The quantitative estimate of drug-likeness (QED) is 0.744. The van der Waals surface area contributed by atoms with Gasteiger partial charge in [0.2, 0.25) is 0 Å². The number of fused-ring (bicyclic) bond motifs is 1. The third kappa shape index (κ3) is 1.66. The third-order valence-electron chi connectivity index (χ3n) is 2.75. The molecule has 0 aliphatic carbocycles. The maximum absolute atomic E-state index is 5.94. The summed E-state index contributed by atoms with van der Waals surface area (Å²) in [6.07, 6.45) is 1.67. The van der Waals surface area contributed by atoms with E-state index in [1.54, 1.807) is 23.9 Å². The van der Waals surface area contributed by atoms with Gasteiger partial charge in [-0.2, -0.15) is 9.61 Å². The fourth-order valence-corrected chi connectivity index (χ4v) is 1.87. The SMILES string of the molecule is COc1cccc(-c2cc(N)n3nccc3n2)c1. The van der Waals surface area contributed by atoms with Crippen molar-refractivity contribution in [1.29, 1.82) is 0 Å². The van der Waals surface area contributed by atoms with Crippen molar-refractivity contribution in [2.24, 2.45) is 0 Å². The first kappa shape index (κ1) is 10.6. The highest BCUT2D eigenvalue weighted by molar-refractivity contribution is 5.66. The first-order valence-corrected chi connectivity index (χ1v) is 5.52. The zero-order valence-electron chi connectivity index (χ0n) is 9.87. The van der Waals surface area contributed by atoms with Crippen LogP contribution in [0.5, 0.6) is 5.75 Å². The summed E-state index contributed by atoms with van der Waals surface area (Å²) in [4.78, 5) is 4.51. The van der Waals surface area contributed by atoms with Crippen molar-refractivity contribution in [3.05, 3.63) is 42.6 Å². The Balaban J connectivity index is 2.18. The lowest BCUT2D eigenvalue weighted by atomic mass is 10.1. The van der Waals surface area contributed by atoms with Crippen molar-refractivity contribution in [1.82, 2.24) is 14.6 Å². The van der Waals surface area contributed by atoms with Crippen molar-refractivity contribution in [2.45, 2.75) is 0 Å². The Morgan fingerprint density at radius 3 is 2.94 bits per heavy atom. The predicted molar refractivity (Wildman–Crippen MR) is 69.4 cm³/mol. The van der Waals surface area contributed by atoms with Crippen LogP contribution in [-0.4, -0.2) is 21.7 Å². The molecule has 18 heavy (non-hydrogen) atoms. The molecule has 0 aliphatic rings. The van der Waals surface area contributed by atoms with Crippen LogP contribution in [-0.2, 0) is 0 Å². The van der Waals surface area contributed by atoms with Crippen LogP contribution in [0.1, 0.15) is 0 Å². The zero-order valence-corrected chi connectivity index (χ0v) is 9.87. The van der Waals surface area contributed by atoms with Gasteiger partial charge in [-0.15, -0.1) is 0 Å². The van der Waals surface area contributed by atoms with E-state index in [1.165, 1.54) is 0 Å². The summed E-state index contributed by atoms with van der Waals surface area (Å²) in [5.41, 5.74) is 8.44. The molecule has 2 heterocycles. The normalized spacial score (nSPS) is 10.7. The van der Waals surface area contributed by atoms with E-state index >= 15 is 0 Å². The van der Waals surface area contributed by atoms with E-state index in [0.29, 0.717) is 5.82 Å². The number of hydrogen-bond acceptors (Lipinski definition) is 4. The van der Waals surface area contributed by atoms with Crippen LogP contribution in [0.2, 0.25) is 0 Å². The number of ether oxygens (including phenoxy) is 1. The van der Waals surface area contributed by atoms with Gasteiger partial charge in [-0.25, -0.2) is 4.98 Å². The Bertz CT molecular complexity index is 705. The van der Waals surface area contributed by atoms with Gasteiger partial charge in [-0.3, -0.25) is 0 Å². The summed E-state index contributed by atoms with van der Waals surface area (Å²) in [5.74, 6) is 1.35. The highest BCUT2D eigenvalue weighted by Crippen LogP contribution is 2.24. The summed E-state index contributed by atoms with van der Waals surface area (Å²) in [6, 6.07) is 11.3. The molecule has 5 nitrogen and oxygen atoms in total. The van der Waals surface area contributed by atoms with Gasteiger partial charge in [0.05, 0.1) is 19.0 Å². The monoisotopic (exact) mass is 240 g/mol. The van der Waals surface area contributed by atoms with Crippen molar-refractivity contribution >= 4 is 11.5 Å². The molecule has 0 atom stereocenters. The fraction of sp³-hybridized carbons (Fsp3) is 0.0769. The number of nitrogen functional groups attached to an aromatic ring is 1. The van der Waals surface area contributed by atoms with E-state index in [9.17, 15) is 0 Å². The molecule has 3 rings (SSSR count). The first-order chi connectivity index (χ1) is 8.78. The van der Waals surface area contributed by atoms with Crippen LogP contribution in [0.4, 0.5) is 5.82 Å². The van der Waals surface area contributed by atoms with Crippen molar-refractivity contribution in [2.75, 3.05) is 12.8 Å². The van der Waals surface area contributed by atoms with Crippen molar-refractivity contribution < 1.29 is 4.74 Å². The van der Waals surface area contributed by atoms with Gasteiger partial charge >= 0.3 is 0 Å². The Hall–Kier alpha value is -2.56. The molecule has 3 aromatic rings. The molecule has 0 saturated carbocycles. The largest absolute Gasteiger partial charge is 0.497 e. The molecule has 0 amide bonds. The van der Waals surface area contributed by atoms with E-state index < -0.39 is 0 Å². The number of rotatable bonds is 2. The van der Waals surface area contributed by atoms with E-state index in [4.69, 9.17) is 10.5 Å². The van der Waals surface area contributed by atoms with Gasteiger partial charge in [0, 0.05) is 17.7 Å². The van der Waals surface area contributed by atoms with Crippen LogP contribution < -0.4 is 10.5 Å². The lowest BCUT2D eigenvalue weighted by Crippen LogP contribution is -2.00. The standard InChI is InChI=1S/C13H12N4O/c1-18-10-4-2-3-9(7-10)11-8-12(14)17-13(16-11)5-6-15-17/h2-8H,14H2,1H3. The summed E-state index contributed by atoms with van der Waals surface area (Å²) < 4.78 is 6.80. The second kappa shape index (κ2) is 4.03. The third-order valence-corrected chi connectivity index (χ3v) is 2.75. The van der Waals surface area contributed by atoms with Gasteiger partial charge < -0.3 is 10.5 Å². The maximum atomic E-state index is 5.94. The second-order valence-electron chi connectivity index (χ2n) is 3.90. The molecule has 2 aromatic heterocycles. The Labute approximate surface area is 104 Å². The smallest absolute Gasteiger partial charge is 0.157 e. The van der Waals surface area contributed by atoms with Gasteiger partial charge in [0.15, 0.2) is 5.65 Å². The highest BCUT2D eigenvalue weighted by Gasteiger charge is 2.06. The molecule has 0 saturated heterocycles. The summed E-state index contributed by atoms with van der Waals surface area (Å²) in [5, 5.41) is 4.09. The minimum atomic E-state index is 0.558. The molecule has 2 N–H and O–H groups in total. The van der Waals surface area contributed by atoms with E-state index in [2.05, 4.69) is 10.1 Å². The number of methoxy groups -OCH3 is 1. The van der Waals surface area contributed by atoms with Gasteiger partial charge in [-0.05, 0) is 12.1 Å². The number of nitrogens with two attached hydrogens (primary N) is 1. The highest BCUT2D eigenvalue weighted by atomic mass is 16.5. The van der Waals surface area contributed by atoms with Crippen LogP contribution in [0.25, 0.3) is 16.9 Å². The first-order valence-electron chi connectivity index (χ1n) is 5.52. The second-order valence-corrected chi connectivity index (χ2v) is 3.90. The van der Waals surface area contributed by atoms with E-state index in [1.807, 2.05) is 30.3 Å². The van der Waals surface area contributed by atoms with Crippen LogP contribution in [0, 0.1) is 0 Å². The molecule has 0 fully saturated rings. The molecule has 0 bridgehead atoms. The van der Waals surface area contributed by atoms with Gasteiger partial charge in [0.1, 0.15) is 11.6 Å². The summed E-state index contributed by atoms with van der Waals surface area (Å²) in [7, 11) is 1.64. The fourth-order valence-electron chi connectivity index (χ4n) is 1.87. The minimum absolute atomic E-state index is 0.558. The average Bonchev–Trinajstić information content (AvgIpc) is 2.87. The van der Waals surface area contributed by atoms with Crippen LogP contribution in [0.3, 0.4) is 0 Å². The maximum Gasteiger partial charge on any atom is 0.157 e. The molecule has 5 heteroatoms. The van der Waals surface area contributed by atoms with E-state index in [0.717, 1.165) is 22.7 Å². The molecule has 90 valence electrons. The number of hydrogen-bond donors (Lipinski definition) is 1. The Morgan fingerprint density at radius 2 is 2.11 bits per heavy atom. The summed E-state index contributed by atoms with van der Waals surface area (Å²) >= 11 is 0. The van der Waals surface area contributed by atoms with E-state index in [-0.39, 0.29) is 0 Å².